The number of methoxy groups -OCH3 is 2. The number of H-pyrrole nitrogens is 2. The monoisotopic (exact) mass is 798 g/mol. The Morgan fingerprint density at radius 2 is 1.20 bits per heavy atom. The topological polar surface area (TPSA) is 175 Å². The number of hydrogen-bond donors (Lipinski definition) is 4. The number of aromatic nitrogens is 4. The highest BCUT2D eigenvalue weighted by Gasteiger charge is 2.39. The number of fused-ring (bicyclic) bond motifs is 3. The van der Waals surface area contributed by atoms with Crippen molar-refractivity contribution in [3.63, 3.8) is 0 Å². The largest absolute Gasteiger partial charge is 0.453 e. The van der Waals surface area contributed by atoms with Crippen LogP contribution in [0.15, 0.2) is 79.1 Å². The van der Waals surface area contributed by atoms with Gasteiger partial charge in [-0.15, -0.1) is 0 Å². The molecule has 5 aromatic rings. The van der Waals surface area contributed by atoms with Gasteiger partial charge in [0.1, 0.15) is 23.7 Å². The van der Waals surface area contributed by atoms with Gasteiger partial charge in [-0.1, -0.05) is 68.4 Å². The highest BCUT2D eigenvalue weighted by molar-refractivity contribution is 5.88. The molecule has 14 heteroatoms. The van der Waals surface area contributed by atoms with E-state index in [-0.39, 0.29) is 29.8 Å². The van der Waals surface area contributed by atoms with Gasteiger partial charge in [0.2, 0.25) is 5.91 Å². The van der Waals surface area contributed by atoms with E-state index in [1.165, 1.54) is 36.5 Å². The Morgan fingerprint density at radius 1 is 0.695 bits per heavy atom. The van der Waals surface area contributed by atoms with Gasteiger partial charge in [-0.3, -0.25) is 9.59 Å². The van der Waals surface area contributed by atoms with Crippen LogP contribution in [-0.2, 0) is 31.9 Å². The fourth-order valence-electron chi connectivity index (χ4n) is 8.82. The number of carbonyl (C=O) groups is 4. The second-order valence-electron chi connectivity index (χ2n) is 15.8. The van der Waals surface area contributed by atoms with Crippen molar-refractivity contribution in [1.82, 2.24) is 40.4 Å². The minimum atomic E-state index is -0.878. The molecule has 0 unspecified atom stereocenters. The molecule has 4 amide bonds. The van der Waals surface area contributed by atoms with Crippen LogP contribution >= 0.6 is 0 Å². The number of amides is 4. The second-order valence-corrected chi connectivity index (χ2v) is 15.8. The van der Waals surface area contributed by atoms with Crippen molar-refractivity contribution in [3.05, 3.63) is 107 Å². The molecule has 4 N–H and O–H groups in total. The summed E-state index contributed by atoms with van der Waals surface area (Å²) in [7, 11) is 2.58. The average molecular weight is 799 g/mol. The zero-order valence-corrected chi connectivity index (χ0v) is 33.8. The van der Waals surface area contributed by atoms with Crippen molar-refractivity contribution in [1.29, 1.82) is 0 Å². The van der Waals surface area contributed by atoms with Gasteiger partial charge >= 0.3 is 12.2 Å². The number of rotatable bonds is 10. The third-order valence-electron chi connectivity index (χ3n) is 11.9. The maximum atomic E-state index is 14.0. The molecule has 2 fully saturated rings. The van der Waals surface area contributed by atoms with Crippen LogP contribution in [0.5, 0.6) is 0 Å². The highest BCUT2D eigenvalue weighted by atomic mass is 16.5. The maximum absolute atomic E-state index is 14.0. The molecular weight excluding hydrogens is 749 g/mol. The summed E-state index contributed by atoms with van der Waals surface area (Å²) in [4.78, 5) is 72.0. The normalized spacial score (nSPS) is 18.2. The van der Waals surface area contributed by atoms with Crippen molar-refractivity contribution >= 4 is 24.0 Å². The lowest BCUT2D eigenvalue weighted by atomic mass is 9.83. The van der Waals surface area contributed by atoms with E-state index < -0.39 is 24.3 Å². The summed E-state index contributed by atoms with van der Waals surface area (Å²) in [5.74, 6) is 1.01. The molecule has 306 valence electrons. The molecule has 2 aliphatic heterocycles. The lowest BCUT2D eigenvalue weighted by Gasteiger charge is -2.30. The summed E-state index contributed by atoms with van der Waals surface area (Å²) in [6.07, 6.45) is 7.37. The number of imidazole rings is 2. The van der Waals surface area contributed by atoms with Gasteiger partial charge in [0.05, 0.1) is 50.1 Å². The molecule has 2 aromatic heterocycles. The van der Waals surface area contributed by atoms with Gasteiger partial charge < -0.3 is 39.9 Å². The van der Waals surface area contributed by atoms with Crippen LogP contribution in [0.25, 0.3) is 33.6 Å². The Hall–Kier alpha value is -6.44. The van der Waals surface area contributed by atoms with Crippen LogP contribution in [0.2, 0.25) is 0 Å². The average Bonchev–Trinajstić information content (AvgIpc) is 4.11. The van der Waals surface area contributed by atoms with Gasteiger partial charge in [0, 0.05) is 13.1 Å². The summed E-state index contributed by atoms with van der Waals surface area (Å²) in [5.41, 5.74) is 9.43. The van der Waals surface area contributed by atoms with Crippen LogP contribution in [0.3, 0.4) is 0 Å². The van der Waals surface area contributed by atoms with E-state index in [9.17, 15) is 19.2 Å². The first-order valence-electron chi connectivity index (χ1n) is 20.3. The molecule has 0 radical (unpaired) electrons. The lowest BCUT2D eigenvalue weighted by molar-refractivity contribution is -0.135. The van der Waals surface area contributed by atoms with E-state index in [4.69, 9.17) is 19.4 Å². The molecule has 8 rings (SSSR count). The van der Waals surface area contributed by atoms with Crippen LogP contribution in [0.1, 0.15) is 86.0 Å². The Bertz CT molecular complexity index is 2350. The van der Waals surface area contributed by atoms with Crippen LogP contribution in [-0.4, -0.2) is 87.1 Å². The second kappa shape index (κ2) is 16.8. The quantitative estimate of drug-likeness (QED) is 0.116. The van der Waals surface area contributed by atoms with Gasteiger partial charge in [0.25, 0.3) is 5.91 Å². The van der Waals surface area contributed by atoms with Gasteiger partial charge in [0.15, 0.2) is 0 Å². The number of aryl methyl sites for hydroxylation is 2. The first-order chi connectivity index (χ1) is 28.6. The molecule has 4 heterocycles. The fourth-order valence-corrected chi connectivity index (χ4v) is 8.82. The summed E-state index contributed by atoms with van der Waals surface area (Å²) in [6, 6.07) is 20.2. The summed E-state index contributed by atoms with van der Waals surface area (Å²) in [6.45, 7) is 4.97. The Kier molecular flexibility index (Phi) is 11.2. The summed E-state index contributed by atoms with van der Waals surface area (Å²) < 4.78 is 9.62. The van der Waals surface area contributed by atoms with Gasteiger partial charge in [-0.05, 0) is 95.5 Å². The molecule has 3 aromatic carbocycles. The standard InChI is InChI=1S/C45H50N8O6/c1-26(2)38(50-44(56)58-3)42(54)52-20-8-12-36(52)40-46-24-34(48-40)30-16-18-32-28(22-30)14-15-29-23-31(17-19-33(29)32)35-25-47-41(49-35)37-13-9-21-53(37)43(55)39(51-45(57)59-4)27-10-6-5-7-11-27/h5-7,10-11,16-19,22-26,36-39H,8-9,12-15,20-21H2,1-4H3,(H,46,48)(H,47,49)(H,50,56)(H,51,57)/t36-,37-,38-,39+/m0/s1. The Labute approximate surface area is 343 Å². The summed E-state index contributed by atoms with van der Waals surface area (Å²) in [5, 5.41) is 5.44. The van der Waals surface area contributed by atoms with E-state index in [2.05, 4.69) is 57.0 Å². The molecule has 2 saturated heterocycles. The summed E-state index contributed by atoms with van der Waals surface area (Å²) >= 11 is 0. The molecular formula is C45H50N8O6. The minimum absolute atomic E-state index is 0.105. The van der Waals surface area contributed by atoms with Crippen molar-refractivity contribution in [2.45, 2.75) is 76.5 Å². The van der Waals surface area contributed by atoms with Crippen molar-refractivity contribution in [2.75, 3.05) is 27.3 Å². The highest BCUT2D eigenvalue weighted by Crippen LogP contribution is 2.39. The Morgan fingerprint density at radius 3 is 1.71 bits per heavy atom. The lowest BCUT2D eigenvalue weighted by Crippen LogP contribution is -2.51. The molecule has 1 aliphatic carbocycles. The molecule has 0 bridgehead atoms. The minimum Gasteiger partial charge on any atom is -0.453 e. The molecule has 14 nitrogen and oxygen atoms in total. The zero-order chi connectivity index (χ0) is 41.2. The Balaban J connectivity index is 0.970. The number of carbonyl (C=O) groups excluding carboxylic acids is 4. The van der Waals surface area contributed by atoms with Crippen LogP contribution in [0.4, 0.5) is 9.59 Å². The first kappa shape index (κ1) is 39.4. The maximum Gasteiger partial charge on any atom is 0.407 e. The molecule has 4 atom stereocenters. The number of aromatic amines is 2. The predicted octanol–water partition coefficient (Wildman–Crippen LogP) is 7.04. The van der Waals surface area contributed by atoms with Gasteiger partial charge in [-0.25, -0.2) is 19.6 Å². The predicted molar refractivity (Wildman–Crippen MR) is 221 cm³/mol. The number of nitrogens with one attached hydrogen (secondary N) is 4. The molecule has 0 saturated carbocycles. The smallest absolute Gasteiger partial charge is 0.407 e. The fraction of sp³-hybridized carbons (Fsp3) is 0.378. The van der Waals surface area contributed by atoms with E-state index in [1.54, 1.807) is 4.90 Å². The SMILES string of the molecule is COC(=O)N[C@H](C(=O)N1CCC[C@H]1c1ncc(-c2ccc3c(c2)CCc2cc(-c4cnc([C@@H]5CCCN5C(=O)[C@H](NC(=O)OC)c5ccccc5)[nH]4)ccc2-3)[nH]1)C(C)C. The number of likely N-dealkylation sites (tertiary alicyclic amines) is 2. The van der Waals surface area contributed by atoms with Crippen LogP contribution in [0, 0.1) is 5.92 Å². The number of alkyl carbamates (subject to hydrolysis) is 2. The third-order valence-corrected chi connectivity index (χ3v) is 11.9. The number of ether oxygens (including phenoxy) is 2. The molecule has 0 spiro atoms. The number of benzene rings is 3. The molecule has 59 heavy (non-hydrogen) atoms. The van der Waals surface area contributed by atoms with E-state index >= 15 is 0 Å². The van der Waals surface area contributed by atoms with E-state index in [0.29, 0.717) is 18.7 Å². The first-order valence-corrected chi connectivity index (χ1v) is 20.3. The zero-order valence-electron chi connectivity index (χ0n) is 33.8. The number of nitrogens with zero attached hydrogens (tertiary/aromatic N) is 4. The van der Waals surface area contributed by atoms with Crippen molar-refractivity contribution in [2.24, 2.45) is 5.92 Å². The van der Waals surface area contributed by atoms with E-state index in [1.807, 2.05) is 61.5 Å². The van der Waals surface area contributed by atoms with E-state index in [0.717, 1.165) is 72.7 Å². The van der Waals surface area contributed by atoms with Crippen LogP contribution < -0.4 is 10.6 Å². The van der Waals surface area contributed by atoms with Crippen molar-refractivity contribution in [3.8, 4) is 33.6 Å². The van der Waals surface area contributed by atoms with Gasteiger partial charge in [-0.2, -0.15) is 0 Å². The molecule has 3 aliphatic rings. The number of hydrogen-bond acceptors (Lipinski definition) is 8. The third kappa shape index (κ3) is 7.91. The van der Waals surface area contributed by atoms with Crippen molar-refractivity contribution < 1.29 is 28.7 Å².